The van der Waals surface area contributed by atoms with Crippen molar-refractivity contribution < 1.29 is 19.3 Å². The molecule has 1 heterocycles. The number of ether oxygens (including phenoxy) is 3. The molecule has 0 saturated carbocycles. The van der Waals surface area contributed by atoms with Gasteiger partial charge in [0.05, 0.1) is 18.8 Å². The van der Waals surface area contributed by atoms with E-state index >= 15 is 0 Å². The number of fused-ring (bicyclic) bond motifs is 1. The summed E-state index contributed by atoms with van der Waals surface area (Å²) >= 11 is 0. The molecule has 1 aliphatic heterocycles. The number of hydrogen-bond acceptors (Lipinski definition) is 4. The van der Waals surface area contributed by atoms with Gasteiger partial charge in [0, 0.05) is 5.92 Å². The van der Waals surface area contributed by atoms with E-state index in [-0.39, 0.29) is 30.3 Å². The zero-order chi connectivity index (χ0) is 25.1. The summed E-state index contributed by atoms with van der Waals surface area (Å²) in [5, 5.41) is 9.29. The third kappa shape index (κ3) is 5.77. The number of aliphatic hydroxyl groups excluding tert-OH is 1. The number of aliphatic hydroxyl groups is 1. The predicted octanol–water partition coefficient (Wildman–Crippen LogP) is 6.64. The van der Waals surface area contributed by atoms with Crippen molar-refractivity contribution in [2.75, 3.05) is 13.2 Å². The monoisotopic (exact) mass is 486 g/mol. The van der Waals surface area contributed by atoms with E-state index in [2.05, 4.69) is 93.6 Å². The number of hydrogen-bond donors (Lipinski definition) is 1. The lowest BCUT2D eigenvalue weighted by molar-refractivity contribution is -0.00722. The Bertz CT molecular complexity index is 1130. The lowest BCUT2D eigenvalue weighted by atomic mass is 9.69. The summed E-state index contributed by atoms with van der Waals surface area (Å²) in [6.07, 6.45) is 3.99. The van der Waals surface area contributed by atoms with E-state index in [0.29, 0.717) is 12.5 Å². The Hall–Kier alpha value is -2.82. The van der Waals surface area contributed by atoms with Gasteiger partial charge in [-0.2, -0.15) is 0 Å². The van der Waals surface area contributed by atoms with Gasteiger partial charge in [-0.05, 0) is 98.9 Å². The molecular formula is C32H38O4. The van der Waals surface area contributed by atoms with Crippen LogP contribution in [0.4, 0.5) is 0 Å². The lowest BCUT2D eigenvalue weighted by Crippen LogP contribution is -2.24. The summed E-state index contributed by atoms with van der Waals surface area (Å²) in [5.41, 5.74) is 5.25. The largest absolute Gasteiger partial charge is 0.491 e. The SMILES string of the molecule is CC(C)(C)Oc1ccc2c(c1)CCC(c1ccccc1)C2c1ccc(OCC2CCC(CO)O2)cc1. The second-order valence-corrected chi connectivity index (χ2v) is 11.1. The fourth-order valence-corrected chi connectivity index (χ4v) is 5.68. The van der Waals surface area contributed by atoms with Crippen molar-refractivity contribution in [2.45, 2.75) is 76.1 Å². The summed E-state index contributed by atoms with van der Waals surface area (Å²) in [5.74, 6) is 2.50. The normalized spacial score (nSPS) is 23.8. The molecule has 3 aromatic carbocycles. The van der Waals surface area contributed by atoms with Gasteiger partial charge in [0.2, 0.25) is 0 Å². The van der Waals surface area contributed by atoms with Crippen molar-refractivity contribution in [2.24, 2.45) is 0 Å². The van der Waals surface area contributed by atoms with E-state index in [1.54, 1.807) is 0 Å². The minimum Gasteiger partial charge on any atom is -0.491 e. The van der Waals surface area contributed by atoms with E-state index in [0.717, 1.165) is 37.2 Å². The Labute approximate surface area is 215 Å². The first-order chi connectivity index (χ1) is 17.4. The Morgan fingerprint density at radius 3 is 2.25 bits per heavy atom. The molecule has 190 valence electrons. The summed E-state index contributed by atoms with van der Waals surface area (Å²) < 4.78 is 18.0. The van der Waals surface area contributed by atoms with Gasteiger partial charge in [-0.1, -0.05) is 48.5 Å². The molecule has 0 bridgehead atoms. The van der Waals surface area contributed by atoms with Crippen LogP contribution in [0, 0.1) is 0 Å². The van der Waals surface area contributed by atoms with Crippen LogP contribution >= 0.6 is 0 Å². The van der Waals surface area contributed by atoms with Gasteiger partial charge in [0.1, 0.15) is 23.7 Å². The number of rotatable bonds is 7. The Morgan fingerprint density at radius 1 is 0.833 bits per heavy atom. The smallest absolute Gasteiger partial charge is 0.120 e. The molecule has 2 aliphatic rings. The molecule has 4 nitrogen and oxygen atoms in total. The van der Waals surface area contributed by atoms with Crippen LogP contribution in [0.3, 0.4) is 0 Å². The molecule has 4 heteroatoms. The first kappa shape index (κ1) is 24.9. The van der Waals surface area contributed by atoms with Crippen LogP contribution in [-0.4, -0.2) is 36.1 Å². The van der Waals surface area contributed by atoms with E-state index in [9.17, 15) is 5.11 Å². The minimum atomic E-state index is -0.215. The topological polar surface area (TPSA) is 47.9 Å². The molecule has 1 N–H and O–H groups in total. The molecule has 0 radical (unpaired) electrons. The third-order valence-electron chi connectivity index (χ3n) is 7.30. The first-order valence-corrected chi connectivity index (χ1v) is 13.3. The molecule has 1 fully saturated rings. The maximum absolute atomic E-state index is 9.29. The molecule has 0 amide bonds. The van der Waals surface area contributed by atoms with E-state index in [1.165, 1.54) is 22.3 Å². The van der Waals surface area contributed by atoms with Crippen LogP contribution in [0.25, 0.3) is 0 Å². The van der Waals surface area contributed by atoms with Crippen molar-refractivity contribution in [3.05, 3.63) is 95.1 Å². The quantitative estimate of drug-likeness (QED) is 0.406. The fourth-order valence-electron chi connectivity index (χ4n) is 5.68. The highest BCUT2D eigenvalue weighted by molar-refractivity contribution is 5.48. The second kappa shape index (κ2) is 10.7. The summed E-state index contributed by atoms with van der Waals surface area (Å²) in [6.45, 7) is 6.88. The predicted molar refractivity (Wildman–Crippen MR) is 143 cm³/mol. The van der Waals surface area contributed by atoms with E-state index in [4.69, 9.17) is 14.2 Å². The number of aryl methyl sites for hydroxylation is 1. The Balaban J connectivity index is 1.39. The lowest BCUT2D eigenvalue weighted by Gasteiger charge is -2.35. The minimum absolute atomic E-state index is 0.0448. The molecule has 36 heavy (non-hydrogen) atoms. The highest BCUT2D eigenvalue weighted by atomic mass is 16.5. The van der Waals surface area contributed by atoms with Crippen LogP contribution in [-0.2, 0) is 11.2 Å². The van der Waals surface area contributed by atoms with Gasteiger partial charge in [0.25, 0.3) is 0 Å². The van der Waals surface area contributed by atoms with Crippen molar-refractivity contribution in [3.8, 4) is 11.5 Å². The van der Waals surface area contributed by atoms with Gasteiger partial charge in [-0.25, -0.2) is 0 Å². The van der Waals surface area contributed by atoms with Crippen molar-refractivity contribution >= 4 is 0 Å². The van der Waals surface area contributed by atoms with E-state index < -0.39 is 0 Å². The van der Waals surface area contributed by atoms with Gasteiger partial charge >= 0.3 is 0 Å². The molecular weight excluding hydrogens is 448 g/mol. The first-order valence-electron chi connectivity index (χ1n) is 13.3. The van der Waals surface area contributed by atoms with Gasteiger partial charge in [-0.15, -0.1) is 0 Å². The van der Waals surface area contributed by atoms with Gasteiger partial charge in [-0.3, -0.25) is 0 Å². The summed E-state index contributed by atoms with van der Waals surface area (Å²) in [6, 6.07) is 26.2. The maximum atomic E-state index is 9.29. The van der Waals surface area contributed by atoms with Crippen LogP contribution in [0.1, 0.15) is 74.1 Å². The van der Waals surface area contributed by atoms with Crippen LogP contribution < -0.4 is 9.47 Å². The molecule has 0 aromatic heterocycles. The third-order valence-corrected chi connectivity index (χ3v) is 7.30. The van der Waals surface area contributed by atoms with Gasteiger partial charge in [0.15, 0.2) is 0 Å². The molecule has 1 saturated heterocycles. The Morgan fingerprint density at radius 2 is 1.56 bits per heavy atom. The second-order valence-electron chi connectivity index (χ2n) is 11.1. The Kier molecular flexibility index (Phi) is 7.36. The van der Waals surface area contributed by atoms with Crippen molar-refractivity contribution in [3.63, 3.8) is 0 Å². The zero-order valence-corrected chi connectivity index (χ0v) is 21.7. The van der Waals surface area contributed by atoms with E-state index in [1.807, 2.05) is 0 Å². The zero-order valence-electron chi connectivity index (χ0n) is 21.7. The summed E-state index contributed by atoms with van der Waals surface area (Å²) in [7, 11) is 0. The molecule has 4 unspecified atom stereocenters. The maximum Gasteiger partial charge on any atom is 0.120 e. The highest BCUT2D eigenvalue weighted by Crippen LogP contribution is 2.47. The molecule has 0 spiro atoms. The molecule has 5 rings (SSSR count). The average molecular weight is 487 g/mol. The highest BCUT2D eigenvalue weighted by Gasteiger charge is 2.32. The molecule has 3 aromatic rings. The van der Waals surface area contributed by atoms with Crippen LogP contribution in [0.15, 0.2) is 72.8 Å². The average Bonchev–Trinajstić information content (AvgIpc) is 3.35. The van der Waals surface area contributed by atoms with Crippen LogP contribution in [0.5, 0.6) is 11.5 Å². The standard InChI is InChI=1S/C32H38O4/c1-32(2,3)36-26-16-18-30-24(19-26)11-17-29(22-7-5-4-6-8-22)31(30)23-9-12-25(13-10-23)34-21-28-15-14-27(20-33)35-28/h4-10,12-13,16,18-19,27-29,31,33H,11,14-15,17,20-21H2,1-3H3. The fraction of sp³-hybridized carbons (Fsp3) is 0.438. The molecule has 4 atom stereocenters. The van der Waals surface area contributed by atoms with Crippen molar-refractivity contribution in [1.29, 1.82) is 0 Å². The molecule has 1 aliphatic carbocycles. The summed E-state index contributed by atoms with van der Waals surface area (Å²) in [4.78, 5) is 0. The van der Waals surface area contributed by atoms with Crippen LogP contribution in [0.2, 0.25) is 0 Å². The van der Waals surface area contributed by atoms with Gasteiger partial charge < -0.3 is 19.3 Å². The number of benzene rings is 3. The van der Waals surface area contributed by atoms with Crippen molar-refractivity contribution in [1.82, 2.24) is 0 Å².